The van der Waals surface area contributed by atoms with Gasteiger partial charge in [0, 0.05) is 18.7 Å². The molecule has 2 atom stereocenters. The number of benzene rings is 1. The fraction of sp³-hybridized carbons (Fsp3) is 0.350. The van der Waals surface area contributed by atoms with Crippen molar-refractivity contribution in [2.45, 2.75) is 31.1 Å². The van der Waals surface area contributed by atoms with Gasteiger partial charge in [0.2, 0.25) is 0 Å². The molecule has 4 aromatic rings. The molecule has 4 heterocycles. The molecule has 8 nitrogen and oxygen atoms in total. The van der Waals surface area contributed by atoms with E-state index in [1.54, 1.807) is 42.7 Å². The summed E-state index contributed by atoms with van der Waals surface area (Å²) < 4.78 is 29.6. The second-order valence-corrected chi connectivity index (χ2v) is 9.40. The number of nitrogens with zero attached hydrogens (tertiary/aromatic N) is 5. The van der Waals surface area contributed by atoms with Crippen LogP contribution >= 0.6 is 12.4 Å². The number of aromatic nitrogens is 5. The molecule has 1 fully saturated rings. The number of hydrogen-bond acceptors (Lipinski definition) is 6. The first-order chi connectivity index (χ1) is 14.0. The topological polar surface area (TPSA) is 94.2 Å². The lowest BCUT2D eigenvalue weighted by atomic mass is 9.93. The van der Waals surface area contributed by atoms with Crippen molar-refractivity contribution >= 4 is 39.2 Å². The summed E-state index contributed by atoms with van der Waals surface area (Å²) in [6.07, 6.45) is 4.19. The molecule has 0 aliphatic carbocycles. The average Bonchev–Trinajstić information content (AvgIpc) is 3.44. The van der Waals surface area contributed by atoms with Gasteiger partial charge < -0.3 is 5.32 Å². The van der Waals surface area contributed by atoms with Gasteiger partial charge in [-0.2, -0.15) is 0 Å². The summed E-state index contributed by atoms with van der Waals surface area (Å²) in [6.45, 7) is 5.89. The minimum absolute atomic E-state index is 0. The zero-order chi connectivity index (χ0) is 20.2. The van der Waals surface area contributed by atoms with Crippen molar-refractivity contribution in [3.05, 3.63) is 54.1 Å². The highest BCUT2D eigenvalue weighted by Crippen LogP contribution is 2.31. The lowest BCUT2D eigenvalue weighted by Gasteiger charge is -2.15. The molecular weight excluding hydrogens is 424 g/mol. The first-order valence-electron chi connectivity index (χ1n) is 9.74. The molecule has 0 spiro atoms. The van der Waals surface area contributed by atoms with Crippen molar-refractivity contribution in [3.63, 3.8) is 0 Å². The molecule has 10 heteroatoms. The van der Waals surface area contributed by atoms with Crippen LogP contribution in [0.15, 0.2) is 47.6 Å². The maximum atomic E-state index is 13.2. The van der Waals surface area contributed by atoms with Crippen LogP contribution in [0, 0.1) is 12.8 Å². The Bertz CT molecular complexity index is 1310. The number of fused-ring (bicyclic) bond motifs is 3. The molecule has 5 rings (SSSR count). The summed E-state index contributed by atoms with van der Waals surface area (Å²) in [7, 11) is -3.75. The molecule has 1 aliphatic rings. The zero-order valence-electron chi connectivity index (χ0n) is 16.7. The third kappa shape index (κ3) is 3.08. The SMILES string of the molecule is CC[C@@H]1CNC[C@@H]1c1nnc2cnc3c(ccn3S(=O)(=O)c3ccc(C)cc3)n12.Cl. The van der Waals surface area contributed by atoms with Crippen LogP contribution in [0.25, 0.3) is 16.8 Å². The van der Waals surface area contributed by atoms with Crippen molar-refractivity contribution < 1.29 is 8.42 Å². The van der Waals surface area contributed by atoms with Gasteiger partial charge in [0.15, 0.2) is 11.3 Å². The molecule has 1 aliphatic heterocycles. The Morgan fingerprint density at radius 2 is 1.90 bits per heavy atom. The van der Waals surface area contributed by atoms with Gasteiger partial charge in [-0.1, -0.05) is 31.0 Å². The first kappa shape index (κ1) is 20.8. The largest absolute Gasteiger partial charge is 0.316 e. The van der Waals surface area contributed by atoms with Crippen LogP contribution in [0.2, 0.25) is 0 Å². The molecule has 3 aromatic heterocycles. The van der Waals surface area contributed by atoms with E-state index in [-0.39, 0.29) is 23.2 Å². The van der Waals surface area contributed by atoms with Gasteiger partial charge in [-0.15, -0.1) is 22.6 Å². The fourth-order valence-corrected chi connectivity index (χ4v) is 5.47. The van der Waals surface area contributed by atoms with E-state index in [1.165, 1.54) is 3.97 Å². The minimum atomic E-state index is -3.75. The molecule has 0 radical (unpaired) electrons. The highest BCUT2D eigenvalue weighted by Gasteiger charge is 2.32. The molecule has 1 N–H and O–H groups in total. The van der Waals surface area contributed by atoms with E-state index in [4.69, 9.17) is 0 Å². The predicted molar refractivity (Wildman–Crippen MR) is 117 cm³/mol. The third-order valence-corrected chi connectivity index (χ3v) is 7.52. The average molecular weight is 447 g/mol. The number of aryl methyl sites for hydroxylation is 1. The highest BCUT2D eigenvalue weighted by molar-refractivity contribution is 7.90. The van der Waals surface area contributed by atoms with E-state index < -0.39 is 10.0 Å². The summed E-state index contributed by atoms with van der Waals surface area (Å²) >= 11 is 0. The first-order valence-corrected chi connectivity index (χ1v) is 11.2. The van der Waals surface area contributed by atoms with E-state index >= 15 is 0 Å². The Kier molecular flexibility index (Phi) is 5.29. The van der Waals surface area contributed by atoms with Crippen molar-refractivity contribution in [2.24, 2.45) is 5.92 Å². The van der Waals surface area contributed by atoms with Crippen LogP contribution in [0.4, 0.5) is 0 Å². The molecule has 30 heavy (non-hydrogen) atoms. The molecular formula is C20H23ClN6O2S. The number of rotatable bonds is 4. The van der Waals surface area contributed by atoms with E-state index in [0.29, 0.717) is 22.7 Å². The monoisotopic (exact) mass is 446 g/mol. The molecule has 1 aromatic carbocycles. The van der Waals surface area contributed by atoms with Gasteiger partial charge >= 0.3 is 0 Å². The summed E-state index contributed by atoms with van der Waals surface area (Å²) in [4.78, 5) is 4.64. The molecule has 0 saturated carbocycles. The van der Waals surface area contributed by atoms with Crippen LogP contribution in [-0.4, -0.2) is 45.1 Å². The summed E-state index contributed by atoms with van der Waals surface area (Å²) in [5.41, 5.74) is 2.70. The molecule has 158 valence electrons. The van der Waals surface area contributed by atoms with Gasteiger partial charge in [0.05, 0.1) is 16.6 Å². The van der Waals surface area contributed by atoms with Gasteiger partial charge in [0.25, 0.3) is 10.0 Å². The maximum absolute atomic E-state index is 13.2. The van der Waals surface area contributed by atoms with E-state index in [2.05, 4.69) is 27.4 Å². The zero-order valence-corrected chi connectivity index (χ0v) is 18.3. The maximum Gasteiger partial charge on any atom is 0.269 e. The lowest BCUT2D eigenvalue weighted by Crippen LogP contribution is -2.14. The number of hydrogen-bond donors (Lipinski definition) is 1. The minimum Gasteiger partial charge on any atom is -0.316 e. The fourth-order valence-electron chi connectivity index (χ4n) is 4.17. The number of nitrogens with one attached hydrogen (secondary N) is 1. The molecule has 0 bridgehead atoms. The van der Waals surface area contributed by atoms with Crippen molar-refractivity contribution in [1.82, 2.24) is 28.9 Å². The van der Waals surface area contributed by atoms with Crippen LogP contribution in [0.5, 0.6) is 0 Å². The van der Waals surface area contributed by atoms with Crippen molar-refractivity contribution in [3.8, 4) is 0 Å². The standard InChI is InChI=1S/C20H22N6O2S.ClH/c1-3-14-10-21-11-16(14)19-24-23-18-12-22-20-17(26(18)19)8-9-25(20)29(27,28)15-6-4-13(2)5-7-15;/h4-9,12,14,16,21H,3,10-11H2,1-2H3;1H/t14-,16+;/m1./s1. The molecule has 0 amide bonds. The Morgan fingerprint density at radius 1 is 1.13 bits per heavy atom. The highest BCUT2D eigenvalue weighted by atomic mass is 35.5. The Hall–Kier alpha value is -2.49. The van der Waals surface area contributed by atoms with Crippen molar-refractivity contribution in [1.29, 1.82) is 0 Å². The van der Waals surface area contributed by atoms with E-state index in [0.717, 1.165) is 30.9 Å². The quantitative estimate of drug-likeness (QED) is 0.518. The third-order valence-electron chi connectivity index (χ3n) is 5.84. The second-order valence-electron chi connectivity index (χ2n) is 7.58. The summed E-state index contributed by atoms with van der Waals surface area (Å²) in [6, 6.07) is 8.60. The normalized spacial score (nSPS) is 19.4. The molecule has 1 saturated heterocycles. The number of halogens is 1. The van der Waals surface area contributed by atoms with Crippen LogP contribution in [0.3, 0.4) is 0 Å². The van der Waals surface area contributed by atoms with Gasteiger partial charge in [-0.3, -0.25) is 4.40 Å². The van der Waals surface area contributed by atoms with E-state index in [9.17, 15) is 8.42 Å². The second kappa shape index (κ2) is 7.64. The van der Waals surface area contributed by atoms with Gasteiger partial charge in [-0.25, -0.2) is 17.4 Å². The van der Waals surface area contributed by atoms with Crippen LogP contribution < -0.4 is 5.32 Å². The Balaban J connectivity index is 0.00000218. The van der Waals surface area contributed by atoms with E-state index in [1.807, 2.05) is 11.3 Å². The summed E-state index contributed by atoms with van der Waals surface area (Å²) in [5.74, 6) is 1.57. The summed E-state index contributed by atoms with van der Waals surface area (Å²) in [5, 5.41) is 12.2. The Morgan fingerprint density at radius 3 is 2.63 bits per heavy atom. The lowest BCUT2D eigenvalue weighted by molar-refractivity contribution is 0.483. The predicted octanol–water partition coefficient (Wildman–Crippen LogP) is 2.76. The van der Waals surface area contributed by atoms with Gasteiger partial charge in [-0.05, 0) is 37.6 Å². The van der Waals surface area contributed by atoms with Crippen LogP contribution in [-0.2, 0) is 10.0 Å². The van der Waals surface area contributed by atoms with Crippen LogP contribution in [0.1, 0.15) is 30.7 Å². The molecule has 0 unspecified atom stereocenters. The smallest absolute Gasteiger partial charge is 0.269 e. The Labute approximate surface area is 180 Å². The van der Waals surface area contributed by atoms with Crippen molar-refractivity contribution in [2.75, 3.05) is 13.1 Å². The van der Waals surface area contributed by atoms with Gasteiger partial charge in [0.1, 0.15) is 5.82 Å².